The smallest absolute Gasteiger partial charge is 0.309 e. The summed E-state index contributed by atoms with van der Waals surface area (Å²) >= 11 is 0. The lowest BCUT2D eigenvalue weighted by molar-refractivity contribution is -0.139. The fourth-order valence-corrected chi connectivity index (χ4v) is 6.26. The Labute approximate surface area is 186 Å². The van der Waals surface area contributed by atoms with Crippen LogP contribution in [0.5, 0.6) is 0 Å². The average Bonchev–Trinajstić information content (AvgIpc) is 3.03. The van der Waals surface area contributed by atoms with E-state index < -0.39 is 21.8 Å². The van der Waals surface area contributed by atoms with Crippen LogP contribution in [0.1, 0.15) is 69.8 Å². The van der Waals surface area contributed by atoms with Crippen LogP contribution in [-0.2, 0) is 19.6 Å². The summed E-state index contributed by atoms with van der Waals surface area (Å²) in [5.41, 5.74) is 1.01. The first-order valence-corrected chi connectivity index (χ1v) is 13.0. The van der Waals surface area contributed by atoms with E-state index in [0.29, 0.717) is 17.9 Å². The van der Waals surface area contributed by atoms with Crippen LogP contribution in [0.2, 0.25) is 0 Å². The molecule has 1 aromatic carbocycles. The minimum Gasteiger partial charge on any atom is -0.348 e. The van der Waals surface area contributed by atoms with Gasteiger partial charge in [0.25, 0.3) is 0 Å². The summed E-state index contributed by atoms with van der Waals surface area (Å²) in [4.78, 5) is 24.7. The molecule has 7 nitrogen and oxygen atoms in total. The van der Waals surface area contributed by atoms with Crippen molar-refractivity contribution in [1.29, 1.82) is 0 Å². The molecule has 2 amide bonds. The Bertz CT molecular complexity index is 846. The number of sulfonamides is 1. The molecule has 2 N–H and O–H groups in total. The van der Waals surface area contributed by atoms with E-state index in [4.69, 9.17) is 0 Å². The lowest BCUT2D eigenvalue weighted by Gasteiger charge is -2.34. The Morgan fingerprint density at radius 1 is 0.935 bits per heavy atom. The zero-order valence-corrected chi connectivity index (χ0v) is 19.3. The molecule has 2 aliphatic rings. The molecule has 0 radical (unpaired) electrons. The Kier molecular flexibility index (Phi) is 8.49. The van der Waals surface area contributed by atoms with Gasteiger partial charge in [-0.1, -0.05) is 49.8 Å². The van der Waals surface area contributed by atoms with E-state index in [9.17, 15) is 18.0 Å². The zero-order valence-electron chi connectivity index (χ0n) is 18.4. The standard InChI is InChI=1S/C23H35N3O4S/c1-18-11-13-21(14-12-18)31(29,30)26-17-7-6-10-20(26)15-16-24-22(27)23(28)25-19-8-4-2-3-5-9-19/h11-14,19-20H,2-10,15-17H2,1H3,(H,24,27)(H,25,28)/t20-/m0/s1. The third kappa shape index (κ3) is 6.53. The van der Waals surface area contributed by atoms with E-state index in [2.05, 4.69) is 10.6 Å². The van der Waals surface area contributed by atoms with Gasteiger partial charge < -0.3 is 10.6 Å². The molecule has 172 valence electrons. The van der Waals surface area contributed by atoms with Gasteiger partial charge in [-0.2, -0.15) is 4.31 Å². The van der Waals surface area contributed by atoms with Crippen molar-refractivity contribution in [3.63, 3.8) is 0 Å². The predicted octanol–water partition coefficient (Wildman–Crippen LogP) is 2.88. The highest BCUT2D eigenvalue weighted by Gasteiger charge is 2.33. The van der Waals surface area contributed by atoms with Crippen molar-refractivity contribution in [3.05, 3.63) is 29.8 Å². The Hall–Kier alpha value is -1.93. The number of rotatable bonds is 6. The van der Waals surface area contributed by atoms with E-state index in [0.717, 1.165) is 50.5 Å². The Balaban J connectivity index is 1.52. The Morgan fingerprint density at radius 3 is 2.26 bits per heavy atom. The van der Waals surface area contributed by atoms with Crippen LogP contribution in [-0.4, -0.2) is 49.7 Å². The summed E-state index contributed by atoms with van der Waals surface area (Å²) in [6.45, 7) is 2.69. The van der Waals surface area contributed by atoms with Crippen molar-refractivity contribution in [1.82, 2.24) is 14.9 Å². The topological polar surface area (TPSA) is 95.6 Å². The summed E-state index contributed by atoms with van der Waals surface area (Å²) in [6.07, 6.45) is 9.42. The first-order valence-electron chi connectivity index (χ1n) is 11.5. The molecule has 0 spiro atoms. The number of benzene rings is 1. The molecule has 2 fully saturated rings. The summed E-state index contributed by atoms with van der Waals surface area (Å²) in [6, 6.07) is 6.81. The highest BCUT2D eigenvalue weighted by Crippen LogP contribution is 2.27. The number of amides is 2. The number of aryl methyl sites for hydroxylation is 1. The molecule has 0 aromatic heterocycles. The van der Waals surface area contributed by atoms with Gasteiger partial charge >= 0.3 is 11.8 Å². The molecule has 8 heteroatoms. The van der Waals surface area contributed by atoms with Crippen molar-refractivity contribution < 1.29 is 18.0 Å². The third-order valence-corrected chi connectivity index (χ3v) is 8.33. The minimum atomic E-state index is -3.58. The maximum Gasteiger partial charge on any atom is 0.309 e. The van der Waals surface area contributed by atoms with Gasteiger partial charge in [0.15, 0.2) is 0 Å². The number of nitrogens with one attached hydrogen (secondary N) is 2. The van der Waals surface area contributed by atoms with Crippen LogP contribution < -0.4 is 10.6 Å². The van der Waals surface area contributed by atoms with Gasteiger partial charge in [-0.15, -0.1) is 0 Å². The van der Waals surface area contributed by atoms with E-state index >= 15 is 0 Å². The molecule has 1 heterocycles. The van der Waals surface area contributed by atoms with Crippen molar-refractivity contribution in [3.8, 4) is 0 Å². The number of hydrogen-bond acceptors (Lipinski definition) is 4. The van der Waals surface area contributed by atoms with Gasteiger partial charge in [0.1, 0.15) is 0 Å². The van der Waals surface area contributed by atoms with E-state index in [-0.39, 0.29) is 18.6 Å². The largest absolute Gasteiger partial charge is 0.348 e. The lowest BCUT2D eigenvalue weighted by atomic mass is 10.0. The second-order valence-corrected chi connectivity index (χ2v) is 10.7. The van der Waals surface area contributed by atoms with Crippen molar-refractivity contribution in [2.75, 3.05) is 13.1 Å². The van der Waals surface area contributed by atoms with Gasteiger partial charge in [0.2, 0.25) is 10.0 Å². The van der Waals surface area contributed by atoms with E-state index in [1.807, 2.05) is 6.92 Å². The van der Waals surface area contributed by atoms with Crippen LogP contribution in [0.25, 0.3) is 0 Å². The minimum absolute atomic E-state index is 0.0780. The summed E-state index contributed by atoms with van der Waals surface area (Å²) < 4.78 is 27.8. The molecule has 1 aromatic rings. The highest BCUT2D eigenvalue weighted by molar-refractivity contribution is 7.89. The van der Waals surface area contributed by atoms with Crippen LogP contribution in [0, 0.1) is 6.92 Å². The number of carbonyl (C=O) groups is 2. The van der Waals surface area contributed by atoms with Crippen molar-refractivity contribution in [2.24, 2.45) is 0 Å². The fraction of sp³-hybridized carbons (Fsp3) is 0.652. The van der Waals surface area contributed by atoms with Crippen LogP contribution >= 0.6 is 0 Å². The van der Waals surface area contributed by atoms with E-state index in [1.165, 1.54) is 12.8 Å². The maximum atomic E-state index is 13.1. The number of hydrogen-bond donors (Lipinski definition) is 2. The van der Waals surface area contributed by atoms with Gasteiger partial charge in [0.05, 0.1) is 4.90 Å². The van der Waals surface area contributed by atoms with Gasteiger partial charge in [-0.25, -0.2) is 8.42 Å². The molecule has 1 saturated heterocycles. The molecular formula is C23H35N3O4S. The van der Waals surface area contributed by atoms with Gasteiger partial charge in [0, 0.05) is 25.2 Å². The third-order valence-electron chi connectivity index (χ3n) is 6.36. The predicted molar refractivity (Wildman–Crippen MR) is 120 cm³/mol. The van der Waals surface area contributed by atoms with Crippen molar-refractivity contribution in [2.45, 2.75) is 88.1 Å². The van der Waals surface area contributed by atoms with Gasteiger partial charge in [-0.3, -0.25) is 9.59 Å². The quantitative estimate of drug-likeness (QED) is 0.516. The maximum absolute atomic E-state index is 13.1. The monoisotopic (exact) mass is 449 g/mol. The summed E-state index contributed by atoms with van der Waals surface area (Å²) in [5, 5.41) is 5.53. The van der Waals surface area contributed by atoms with Gasteiger partial charge in [-0.05, 0) is 51.2 Å². The first kappa shape index (κ1) is 23.7. The Morgan fingerprint density at radius 2 is 1.58 bits per heavy atom. The summed E-state index contributed by atoms with van der Waals surface area (Å²) in [5.74, 6) is -1.22. The number of carbonyl (C=O) groups excluding carboxylic acids is 2. The van der Waals surface area contributed by atoms with Crippen molar-refractivity contribution >= 4 is 21.8 Å². The second kappa shape index (κ2) is 11.1. The fourth-order valence-electron chi connectivity index (χ4n) is 4.53. The zero-order chi connectivity index (χ0) is 22.3. The van der Waals surface area contributed by atoms with E-state index in [1.54, 1.807) is 28.6 Å². The molecule has 31 heavy (non-hydrogen) atoms. The van der Waals surface area contributed by atoms with Crippen LogP contribution in [0.4, 0.5) is 0 Å². The molecule has 1 aliphatic heterocycles. The normalized spacial score (nSPS) is 21.3. The van der Waals surface area contributed by atoms with Crippen LogP contribution in [0.3, 0.4) is 0 Å². The van der Waals surface area contributed by atoms with Crippen LogP contribution in [0.15, 0.2) is 29.2 Å². The highest BCUT2D eigenvalue weighted by atomic mass is 32.2. The molecule has 1 saturated carbocycles. The molecule has 1 aliphatic carbocycles. The molecular weight excluding hydrogens is 414 g/mol. The molecule has 0 bridgehead atoms. The molecule has 3 rings (SSSR count). The first-order chi connectivity index (χ1) is 14.9. The number of piperidine rings is 1. The second-order valence-electron chi connectivity index (χ2n) is 8.78. The molecule has 1 atom stereocenters. The number of nitrogens with zero attached hydrogens (tertiary/aromatic N) is 1. The lowest BCUT2D eigenvalue weighted by Crippen LogP contribution is -2.47. The SMILES string of the molecule is Cc1ccc(S(=O)(=O)N2CCCC[C@H]2CCNC(=O)C(=O)NC2CCCCCC2)cc1. The molecule has 0 unspecified atom stereocenters. The average molecular weight is 450 g/mol. The summed E-state index contributed by atoms with van der Waals surface area (Å²) in [7, 11) is -3.58.